The van der Waals surface area contributed by atoms with Crippen LogP contribution in [0.15, 0.2) is 18.2 Å². The summed E-state index contributed by atoms with van der Waals surface area (Å²) in [6.45, 7) is 6.07. The van der Waals surface area contributed by atoms with Gasteiger partial charge in [0.25, 0.3) is 5.91 Å². The standard InChI is InChI=1S/C15H21Cl2NO3/c1-11(2)9-20-7-3-6-18-15(19)10-21-14-5-4-12(16)8-13(14)17/h4-5,8,11H,3,6-7,9-10H2,1-2H3,(H,18,19). The van der Waals surface area contributed by atoms with Crippen LogP contribution in [0.3, 0.4) is 0 Å². The van der Waals surface area contributed by atoms with Crippen molar-refractivity contribution < 1.29 is 14.3 Å². The molecule has 1 amide bonds. The second-order valence-corrected chi connectivity index (χ2v) is 5.88. The Kier molecular flexibility index (Phi) is 8.50. The molecular formula is C15H21Cl2NO3. The van der Waals surface area contributed by atoms with Crippen LogP contribution in [0.1, 0.15) is 20.3 Å². The average molecular weight is 334 g/mol. The van der Waals surface area contributed by atoms with Crippen molar-refractivity contribution in [2.24, 2.45) is 5.92 Å². The van der Waals surface area contributed by atoms with Crippen LogP contribution in [0.4, 0.5) is 0 Å². The molecule has 1 N–H and O–H groups in total. The molecule has 1 rings (SSSR count). The first-order valence-electron chi connectivity index (χ1n) is 6.91. The Morgan fingerprint density at radius 1 is 1.33 bits per heavy atom. The van der Waals surface area contributed by atoms with E-state index in [0.717, 1.165) is 13.0 Å². The highest BCUT2D eigenvalue weighted by Gasteiger charge is 2.06. The van der Waals surface area contributed by atoms with E-state index in [1.807, 2.05) is 0 Å². The number of carbonyl (C=O) groups is 1. The normalized spacial score (nSPS) is 10.7. The van der Waals surface area contributed by atoms with Gasteiger partial charge in [-0.15, -0.1) is 0 Å². The summed E-state index contributed by atoms with van der Waals surface area (Å²) in [5.41, 5.74) is 0. The summed E-state index contributed by atoms with van der Waals surface area (Å²) in [7, 11) is 0. The third-order valence-electron chi connectivity index (χ3n) is 2.49. The number of hydrogen-bond acceptors (Lipinski definition) is 3. The van der Waals surface area contributed by atoms with Crippen LogP contribution in [0.25, 0.3) is 0 Å². The predicted molar refractivity (Wildman–Crippen MR) is 85.2 cm³/mol. The first-order chi connectivity index (χ1) is 9.99. The topological polar surface area (TPSA) is 47.6 Å². The fraction of sp³-hybridized carbons (Fsp3) is 0.533. The molecule has 6 heteroatoms. The summed E-state index contributed by atoms with van der Waals surface area (Å²) in [5, 5.41) is 3.67. The lowest BCUT2D eigenvalue weighted by molar-refractivity contribution is -0.123. The molecule has 0 unspecified atom stereocenters. The van der Waals surface area contributed by atoms with E-state index < -0.39 is 0 Å². The first kappa shape index (κ1) is 18.1. The Balaban J connectivity index is 2.14. The molecule has 0 bridgehead atoms. The van der Waals surface area contributed by atoms with Crippen LogP contribution < -0.4 is 10.1 Å². The van der Waals surface area contributed by atoms with Gasteiger partial charge in [0.15, 0.2) is 6.61 Å². The minimum atomic E-state index is -0.190. The average Bonchev–Trinajstić information content (AvgIpc) is 2.41. The monoisotopic (exact) mass is 333 g/mol. The number of benzene rings is 1. The second kappa shape index (κ2) is 9.87. The summed E-state index contributed by atoms with van der Waals surface area (Å²) < 4.78 is 10.7. The molecule has 0 radical (unpaired) electrons. The van der Waals surface area contributed by atoms with Crippen molar-refractivity contribution in [3.05, 3.63) is 28.2 Å². The molecule has 4 nitrogen and oxygen atoms in total. The van der Waals surface area contributed by atoms with Crippen LogP contribution in [0, 0.1) is 5.92 Å². The number of hydrogen-bond donors (Lipinski definition) is 1. The number of carbonyl (C=O) groups excluding carboxylic acids is 1. The van der Waals surface area contributed by atoms with Crippen LogP contribution >= 0.6 is 23.2 Å². The number of rotatable bonds is 9. The van der Waals surface area contributed by atoms with Gasteiger partial charge >= 0.3 is 0 Å². The molecular weight excluding hydrogens is 313 g/mol. The van der Waals surface area contributed by atoms with Gasteiger partial charge in [0.05, 0.1) is 5.02 Å². The molecule has 0 aliphatic heterocycles. The van der Waals surface area contributed by atoms with E-state index in [0.29, 0.717) is 34.9 Å². The fourth-order valence-electron chi connectivity index (χ4n) is 1.51. The summed E-state index contributed by atoms with van der Waals surface area (Å²) in [6.07, 6.45) is 0.778. The van der Waals surface area contributed by atoms with Gasteiger partial charge in [0, 0.05) is 24.8 Å². The van der Waals surface area contributed by atoms with Crippen molar-refractivity contribution in [3.63, 3.8) is 0 Å². The third kappa shape index (κ3) is 8.15. The SMILES string of the molecule is CC(C)COCCCNC(=O)COc1ccc(Cl)cc1Cl. The quantitative estimate of drug-likeness (QED) is 0.703. The van der Waals surface area contributed by atoms with Crippen LogP contribution in [0.5, 0.6) is 5.75 Å². The molecule has 1 aromatic carbocycles. The fourth-order valence-corrected chi connectivity index (χ4v) is 1.97. The van der Waals surface area contributed by atoms with Gasteiger partial charge in [0.2, 0.25) is 0 Å². The smallest absolute Gasteiger partial charge is 0.257 e. The minimum absolute atomic E-state index is 0.0752. The number of nitrogens with one attached hydrogen (secondary N) is 1. The van der Waals surface area contributed by atoms with Crippen molar-refractivity contribution >= 4 is 29.1 Å². The van der Waals surface area contributed by atoms with Crippen molar-refractivity contribution in [1.29, 1.82) is 0 Å². The van der Waals surface area contributed by atoms with Crippen molar-refractivity contribution in [2.75, 3.05) is 26.4 Å². The lowest BCUT2D eigenvalue weighted by atomic mass is 10.2. The Bertz CT molecular complexity index is 453. The van der Waals surface area contributed by atoms with Gasteiger partial charge in [-0.25, -0.2) is 0 Å². The summed E-state index contributed by atoms with van der Waals surface area (Å²) in [6, 6.07) is 4.87. The van der Waals surface area contributed by atoms with Gasteiger partial charge in [-0.1, -0.05) is 37.0 Å². The maximum Gasteiger partial charge on any atom is 0.257 e. The Morgan fingerprint density at radius 3 is 2.76 bits per heavy atom. The zero-order chi connectivity index (χ0) is 15.7. The lowest BCUT2D eigenvalue weighted by Crippen LogP contribution is -2.30. The van der Waals surface area contributed by atoms with E-state index >= 15 is 0 Å². The van der Waals surface area contributed by atoms with Crippen molar-refractivity contribution in [3.8, 4) is 5.75 Å². The third-order valence-corrected chi connectivity index (χ3v) is 3.02. The van der Waals surface area contributed by atoms with Gasteiger partial charge in [0.1, 0.15) is 5.75 Å². The minimum Gasteiger partial charge on any atom is -0.482 e. The van der Waals surface area contributed by atoms with E-state index in [1.54, 1.807) is 18.2 Å². The molecule has 0 aliphatic carbocycles. The van der Waals surface area contributed by atoms with E-state index in [2.05, 4.69) is 19.2 Å². The predicted octanol–water partition coefficient (Wildman–Crippen LogP) is 3.55. The second-order valence-electron chi connectivity index (χ2n) is 5.04. The number of ether oxygens (including phenoxy) is 2. The molecule has 0 spiro atoms. The Morgan fingerprint density at radius 2 is 2.10 bits per heavy atom. The molecule has 21 heavy (non-hydrogen) atoms. The van der Waals surface area contributed by atoms with E-state index in [4.69, 9.17) is 32.7 Å². The van der Waals surface area contributed by atoms with Crippen LogP contribution in [0.2, 0.25) is 10.0 Å². The molecule has 118 valence electrons. The highest BCUT2D eigenvalue weighted by atomic mass is 35.5. The maximum absolute atomic E-state index is 11.6. The lowest BCUT2D eigenvalue weighted by Gasteiger charge is -2.09. The van der Waals surface area contributed by atoms with Crippen LogP contribution in [-0.4, -0.2) is 32.3 Å². The van der Waals surface area contributed by atoms with Crippen molar-refractivity contribution in [1.82, 2.24) is 5.32 Å². The molecule has 0 saturated carbocycles. The van der Waals surface area contributed by atoms with E-state index in [9.17, 15) is 4.79 Å². The van der Waals surface area contributed by atoms with Gasteiger partial charge in [-0.3, -0.25) is 4.79 Å². The summed E-state index contributed by atoms with van der Waals surface area (Å²) in [5.74, 6) is 0.776. The maximum atomic E-state index is 11.6. The van der Waals surface area contributed by atoms with Crippen LogP contribution in [-0.2, 0) is 9.53 Å². The molecule has 0 fully saturated rings. The van der Waals surface area contributed by atoms with E-state index in [-0.39, 0.29) is 12.5 Å². The largest absolute Gasteiger partial charge is 0.482 e. The number of amides is 1. The molecule has 0 saturated heterocycles. The molecule has 0 heterocycles. The summed E-state index contributed by atoms with van der Waals surface area (Å²) >= 11 is 11.7. The van der Waals surface area contributed by atoms with Gasteiger partial charge in [-0.05, 0) is 30.5 Å². The zero-order valence-electron chi connectivity index (χ0n) is 12.3. The molecule has 0 aromatic heterocycles. The molecule has 0 atom stereocenters. The number of halogens is 2. The Hall–Kier alpha value is -0.970. The van der Waals surface area contributed by atoms with Gasteiger partial charge < -0.3 is 14.8 Å². The molecule has 0 aliphatic rings. The first-order valence-corrected chi connectivity index (χ1v) is 7.67. The summed E-state index contributed by atoms with van der Waals surface area (Å²) in [4.78, 5) is 11.6. The molecule has 1 aromatic rings. The zero-order valence-corrected chi connectivity index (χ0v) is 13.8. The van der Waals surface area contributed by atoms with E-state index in [1.165, 1.54) is 0 Å². The highest BCUT2D eigenvalue weighted by molar-refractivity contribution is 6.35. The van der Waals surface area contributed by atoms with Crippen molar-refractivity contribution in [2.45, 2.75) is 20.3 Å². The Labute approximate surface area is 135 Å². The highest BCUT2D eigenvalue weighted by Crippen LogP contribution is 2.27. The van der Waals surface area contributed by atoms with Gasteiger partial charge in [-0.2, -0.15) is 0 Å².